The smallest absolute Gasteiger partial charge is 0.133 e. The molecule has 0 aromatic carbocycles. The monoisotopic (exact) mass is 182 g/mol. The van der Waals surface area contributed by atoms with Crippen molar-refractivity contribution in [2.45, 2.75) is 33.2 Å². The Morgan fingerprint density at radius 1 is 1.62 bits per heavy atom. The van der Waals surface area contributed by atoms with Gasteiger partial charge >= 0.3 is 0 Å². The zero-order chi connectivity index (χ0) is 9.68. The van der Waals surface area contributed by atoms with E-state index in [4.69, 9.17) is 5.73 Å². The molecule has 2 N–H and O–H groups in total. The molecule has 0 bridgehead atoms. The number of aromatic nitrogens is 3. The standard InChI is InChI=1S/C9H18N4/c1-3-4-13-7-11-12-9(13)5-8(2)6-10/h7-8H,3-6,10H2,1-2H3. The molecule has 1 aromatic rings. The first kappa shape index (κ1) is 10.2. The van der Waals surface area contributed by atoms with Crippen LogP contribution in [0.15, 0.2) is 6.33 Å². The molecule has 0 aliphatic rings. The molecule has 0 aliphatic heterocycles. The SMILES string of the molecule is CCCn1cnnc1CC(C)CN. The summed E-state index contributed by atoms with van der Waals surface area (Å²) in [4.78, 5) is 0. The van der Waals surface area contributed by atoms with Crippen molar-refractivity contribution < 1.29 is 0 Å². The third-order valence-corrected chi connectivity index (χ3v) is 2.09. The van der Waals surface area contributed by atoms with E-state index in [-0.39, 0.29) is 0 Å². The van der Waals surface area contributed by atoms with E-state index in [2.05, 4.69) is 28.6 Å². The van der Waals surface area contributed by atoms with E-state index in [1.54, 1.807) is 6.33 Å². The van der Waals surface area contributed by atoms with Gasteiger partial charge in [-0.25, -0.2) is 0 Å². The number of rotatable bonds is 5. The fraction of sp³-hybridized carbons (Fsp3) is 0.778. The Balaban J connectivity index is 2.59. The largest absolute Gasteiger partial charge is 0.330 e. The Bertz CT molecular complexity index is 244. The molecule has 4 nitrogen and oxygen atoms in total. The Labute approximate surface area is 79.2 Å². The molecule has 1 unspecified atom stereocenters. The van der Waals surface area contributed by atoms with Gasteiger partial charge in [0.25, 0.3) is 0 Å². The Morgan fingerprint density at radius 3 is 3.00 bits per heavy atom. The van der Waals surface area contributed by atoms with Crippen LogP contribution >= 0.6 is 0 Å². The maximum Gasteiger partial charge on any atom is 0.133 e. The lowest BCUT2D eigenvalue weighted by molar-refractivity contribution is 0.539. The fourth-order valence-electron chi connectivity index (χ4n) is 1.26. The van der Waals surface area contributed by atoms with Crippen LogP contribution in [0.3, 0.4) is 0 Å². The van der Waals surface area contributed by atoms with E-state index < -0.39 is 0 Å². The van der Waals surface area contributed by atoms with E-state index in [9.17, 15) is 0 Å². The highest BCUT2D eigenvalue weighted by molar-refractivity contribution is 4.87. The average molecular weight is 182 g/mol. The van der Waals surface area contributed by atoms with E-state index in [1.807, 2.05) is 0 Å². The fourth-order valence-corrected chi connectivity index (χ4v) is 1.26. The minimum atomic E-state index is 0.486. The Hall–Kier alpha value is -0.900. The Morgan fingerprint density at radius 2 is 2.38 bits per heavy atom. The van der Waals surface area contributed by atoms with Crippen molar-refractivity contribution in [3.05, 3.63) is 12.2 Å². The van der Waals surface area contributed by atoms with Crippen molar-refractivity contribution >= 4 is 0 Å². The van der Waals surface area contributed by atoms with Gasteiger partial charge in [-0.3, -0.25) is 0 Å². The maximum atomic E-state index is 5.56. The van der Waals surface area contributed by atoms with E-state index >= 15 is 0 Å². The minimum absolute atomic E-state index is 0.486. The molecular weight excluding hydrogens is 164 g/mol. The first-order chi connectivity index (χ1) is 6.27. The number of hydrogen-bond donors (Lipinski definition) is 1. The van der Waals surface area contributed by atoms with E-state index in [1.165, 1.54) is 0 Å². The van der Waals surface area contributed by atoms with Gasteiger partial charge < -0.3 is 10.3 Å². The number of aryl methyl sites for hydroxylation is 1. The molecule has 1 heterocycles. The van der Waals surface area contributed by atoms with E-state index in [0.717, 1.165) is 25.2 Å². The van der Waals surface area contributed by atoms with Crippen molar-refractivity contribution in [1.82, 2.24) is 14.8 Å². The summed E-state index contributed by atoms with van der Waals surface area (Å²) in [5.74, 6) is 1.54. The normalized spacial score (nSPS) is 13.2. The summed E-state index contributed by atoms with van der Waals surface area (Å²) >= 11 is 0. The summed E-state index contributed by atoms with van der Waals surface area (Å²) in [5.41, 5.74) is 5.56. The number of nitrogens with zero attached hydrogens (tertiary/aromatic N) is 3. The molecule has 0 amide bonds. The predicted molar refractivity (Wildman–Crippen MR) is 52.2 cm³/mol. The van der Waals surface area contributed by atoms with Gasteiger partial charge in [-0.1, -0.05) is 13.8 Å². The average Bonchev–Trinajstić information content (AvgIpc) is 2.54. The summed E-state index contributed by atoms with van der Waals surface area (Å²) in [6.45, 7) is 5.99. The highest BCUT2D eigenvalue weighted by Crippen LogP contribution is 2.04. The second-order valence-electron chi connectivity index (χ2n) is 3.49. The van der Waals surface area contributed by atoms with Crippen molar-refractivity contribution in [3.8, 4) is 0 Å². The van der Waals surface area contributed by atoms with Gasteiger partial charge in [0.15, 0.2) is 0 Å². The van der Waals surface area contributed by atoms with Crippen LogP contribution < -0.4 is 5.73 Å². The maximum absolute atomic E-state index is 5.56. The number of hydrogen-bond acceptors (Lipinski definition) is 3. The molecule has 0 aliphatic carbocycles. The van der Waals surface area contributed by atoms with Crippen molar-refractivity contribution in [3.63, 3.8) is 0 Å². The molecule has 1 rings (SSSR count). The second kappa shape index (κ2) is 4.97. The third-order valence-electron chi connectivity index (χ3n) is 2.09. The quantitative estimate of drug-likeness (QED) is 0.733. The van der Waals surface area contributed by atoms with Crippen LogP contribution in [0.4, 0.5) is 0 Å². The summed E-state index contributed by atoms with van der Waals surface area (Å²) in [6, 6.07) is 0. The van der Waals surface area contributed by atoms with Gasteiger partial charge in [-0.05, 0) is 18.9 Å². The van der Waals surface area contributed by atoms with Crippen LogP contribution in [0.1, 0.15) is 26.1 Å². The van der Waals surface area contributed by atoms with Crippen LogP contribution in [-0.4, -0.2) is 21.3 Å². The first-order valence-corrected chi connectivity index (χ1v) is 4.84. The zero-order valence-corrected chi connectivity index (χ0v) is 8.40. The molecule has 0 spiro atoms. The van der Waals surface area contributed by atoms with Crippen molar-refractivity contribution in [1.29, 1.82) is 0 Å². The summed E-state index contributed by atoms with van der Waals surface area (Å²) in [7, 11) is 0. The van der Waals surface area contributed by atoms with Crippen LogP contribution in [-0.2, 0) is 13.0 Å². The van der Waals surface area contributed by atoms with Crippen LogP contribution in [0.5, 0.6) is 0 Å². The summed E-state index contributed by atoms with van der Waals surface area (Å²) in [5, 5.41) is 7.98. The lowest BCUT2D eigenvalue weighted by Gasteiger charge is -2.08. The van der Waals surface area contributed by atoms with Gasteiger partial charge in [-0.2, -0.15) is 0 Å². The summed E-state index contributed by atoms with van der Waals surface area (Å²) < 4.78 is 2.10. The second-order valence-corrected chi connectivity index (χ2v) is 3.49. The van der Waals surface area contributed by atoms with Crippen molar-refractivity contribution in [2.75, 3.05) is 6.54 Å². The molecule has 4 heteroatoms. The molecule has 1 aromatic heterocycles. The van der Waals surface area contributed by atoms with E-state index in [0.29, 0.717) is 12.5 Å². The molecule has 0 saturated heterocycles. The molecule has 74 valence electrons. The van der Waals surface area contributed by atoms with Gasteiger partial charge in [0, 0.05) is 13.0 Å². The molecule has 0 saturated carbocycles. The van der Waals surface area contributed by atoms with Crippen molar-refractivity contribution in [2.24, 2.45) is 11.7 Å². The first-order valence-electron chi connectivity index (χ1n) is 4.84. The molecule has 13 heavy (non-hydrogen) atoms. The third kappa shape index (κ3) is 2.81. The molecule has 1 atom stereocenters. The molecular formula is C9H18N4. The highest BCUT2D eigenvalue weighted by Gasteiger charge is 2.07. The molecule has 0 fully saturated rings. The predicted octanol–water partition coefficient (Wildman–Crippen LogP) is 0.825. The van der Waals surface area contributed by atoms with Crippen LogP contribution in [0.25, 0.3) is 0 Å². The lowest BCUT2D eigenvalue weighted by Crippen LogP contribution is -2.16. The van der Waals surface area contributed by atoms with Gasteiger partial charge in [-0.15, -0.1) is 10.2 Å². The zero-order valence-electron chi connectivity index (χ0n) is 8.40. The van der Waals surface area contributed by atoms with Gasteiger partial charge in [0.05, 0.1) is 0 Å². The number of nitrogens with two attached hydrogens (primary N) is 1. The van der Waals surface area contributed by atoms with Gasteiger partial charge in [0.1, 0.15) is 12.2 Å². The van der Waals surface area contributed by atoms with Crippen LogP contribution in [0.2, 0.25) is 0 Å². The lowest BCUT2D eigenvalue weighted by atomic mass is 10.1. The highest BCUT2D eigenvalue weighted by atomic mass is 15.3. The Kier molecular flexibility index (Phi) is 3.89. The topological polar surface area (TPSA) is 56.7 Å². The van der Waals surface area contributed by atoms with Gasteiger partial charge in [0.2, 0.25) is 0 Å². The molecule has 0 radical (unpaired) electrons. The summed E-state index contributed by atoms with van der Waals surface area (Å²) in [6.07, 6.45) is 3.83. The van der Waals surface area contributed by atoms with Crippen LogP contribution in [0, 0.1) is 5.92 Å². The minimum Gasteiger partial charge on any atom is -0.330 e.